The third-order valence-electron chi connectivity index (χ3n) is 2.50. The summed E-state index contributed by atoms with van der Waals surface area (Å²) in [5, 5.41) is 0. The number of benzene rings is 1. The van der Waals surface area contributed by atoms with Gasteiger partial charge in [0.1, 0.15) is 5.69 Å². The molecule has 6 heteroatoms. The summed E-state index contributed by atoms with van der Waals surface area (Å²) in [5.74, 6) is -0.138. The van der Waals surface area contributed by atoms with E-state index in [2.05, 4.69) is 9.97 Å². The van der Waals surface area contributed by atoms with Gasteiger partial charge in [-0.15, -0.1) is 0 Å². The molecule has 2 rings (SSSR count). The van der Waals surface area contributed by atoms with Crippen molar-refractivity contribution in [2.45, 2.75) is 13.1 Å². The lowest BCUT2D eigenvalue weighted by Crippen LogP contribution is -2.09. The maximum atomic E-state index is 12.5. The Morgan fingerprint density at radius 1 is 1.11 bits per heavy atom. The van der Waals surface area contributed by atoms with Crippen LogP contribution >= 0.6 is 0 Å². The molecule has 0 amide bonds. The molecule has 0 bridgehead atoms. The Balaban J connectivity index is 2.39. The lowest BCUT2D eigenvalue weighted by molar-refractivity contribution is -0.141. The molecule has 1 heterocycles. The third-order valence-corrected chi connectivity index (χ3v) is 2.50. The summed E-state index contributed by atoms with van der Waals surface area (Å²) in [5.41, 5.74) is -0.0834. The minimum atomic E-state index is -4.50. The smallest absolute Gasteiger partial charge is 0.295 e. The normalized spacial score (nSPS) is 11.4. The first-order chi connectivity index (χ1) is 8.88. The van der Waals surface area contributed by atoms with Crippen LogP contribution in [-0.2, 0) is 6.18 Å². The molecular weight excluding hydrogens is 257 g/mol. The summed E-state index contributed by atoms with van der Waals surface area (Å²) in [6.45, 7) is 1.41. The average molecular weight is 266 g/mol. The monoisotopic (exact) mass is 266 g/mol. The number of carbonyl (C=O) groups excluding carboxylic acids is 1. The predicted octanol–water partition coefficient (Wildman–Crippen LogP) is 3.37. The molecule has 0 spiro atoms. The third kappa shape index (κ3) is 2.96. The SMILES string of the molecule is CC(=O)c1ccc(-c2nccc(C(F)(F)F)n2)cc1. The van der Waals surface area contributed by atoms with Crippen molar-refractivity contribution in [3.8, 4) is 11.4 Å². The molecule has 3 nitrogen and oxygen atoms in total. The van der Waals surface area contributed by atoms with Gasteiger partial charge in [0.05, 0.1) is 0 Å². The van der Waals surface area contributed by atoms with Crippen LogP contribution in [0.4, 0.5) is 13.2 Å². The number of alkyl halides is 3. The Morgan fingerprint density at radius 2 is 1.74 bits per heavy atom. The second-order valence-electron chi connectivity index (χ2n) is 3.90. The minimum Gasteiger partial charge on any atom is -0.295 e. The molecule has 0 fully saturated rings. The number of ketones is 1. The number of nitrogens with zero attached hydrogens (tertiary/aromatic N) is 2. The molecule has 0 aliphatic carbocycles. The Bertz CT molecular complexity index is 606. The highest BCUT2D eigenvalue weighted by Crippen LogP contribution is 2.28. The molecule has 1 aromatic heterocycles. The highest BCUT2D eigenvalue weighted by molar-refractivity contribution is 5.94. The Morgan fingerprint density at radius 3 is 2.26 bits per heavy atom. The molecular formula is C13H9F3N2O. The first-order valence-electron chi connectivity index (χ1n) is 5.39. The van der Waals surface area contributed by atoms with E-state index in [1.165, 1.54) is 31.2 Å². The highest BCUT2D eigenvalue weighted by atomic mass is 19.4. The van der Waals surface area contributed by atoms with Crippen molar-refractivity contribution in [2.75, 3.05) is 0 Å². The van der Waals surface area contributed by atoms with E-state index in [0.717, 1.165) is 12.3 Å². The predicted molar refractivity (Wildman–Crippen MR) is 62.5 cm³/mol. The number of rotatable bonds is 2. The van der Waals surface area contributed by atoms with E-state index >= 15 is 0 Å². The first kappa shape index (κ1) is 13.2. The molecule has 2 aromatic rings. The Kier molecular flexibility index (Phi) is 3.33. The van der Waals surface area contributed by atoms with E-state index in [4.69, 9.17) is 0 Å². The van der Waals surface area contributed by atoms with Gasteiger partial charge in [-0.1, -0.05) is 24.3 Å². The Hall–Kier alpha value is -2.24. The summed E-state index contributed by atoms with van der Waals surface area (Å²) >= 11 is 0. The van der Waals surface area contributed by atoms with Crippen molar-refractivity contribution in [3.63, 3.8) is 0 Å². The van der Waals surface area contributed by atoms with E-state index in [1.807, 2.05) is 0 Å². The van der Waals surface area contributed by atoms with E-state index < -0.39 is 11.9 Å². The van der Waals surface area contributed by atoms with E-state index in [9.17, 15) is 18.0 Å². The van der Waals surface area contributed by atoms with E-state index in [0.29, 0.717) is 11.1 Å². The van der Waals surface area contributed by atoms with Crippen LogP contribution in [0.1, 0.15) is 23.0 Å². The summed E-state index contributed by atoms with van der Waals surface area (Å²) < 4.78 is 37.6. The fourth-order valence-corrected chi connectivity index (χ4v) is 1.51. The van der Waals surface area contributed by atoms with Crippen molar-refractivity contribution >= 4 is 5.78 Å². The zero-order valence-corrected chi connectivity index (χ0v) is 9.90. The standard InChI is InChI=1S/C13H9F3N2O/c1-8(19)9-2-4-10(5-3-9)12-17-7-6-11(18-12)13(14,15)16/h2-7H,1H3. The number of halogens is 3. The maximum absolute atomic E-state index is 12.5. The van der Waals surface area contributed by atoms with Gasteiger partial charge >= 0.3 is 6.18 Å². The number of hydrogen-bond donors (Lipinski definition) is 0. The number of carbonyl (C=O) groups is 1. The molecule has 19 heavy (non-hydrogen) atoms. The van der Waals surface area contributed by atoms with Gasteiger partial charge in [-0.2, -0.15) is 13.2 Å². The summed E-state index contributed by atoms with van der Waals surface area (Å²) in [6.07, 6.45) is -3.44. The van der Waals surface area contributed by atoms with Crippen molar-refractivity contribution in [3.05, 3.63) is 47.8 Å². The molecule has 0 N–H and O–H groups in total. The van der Waals surface area contributed by atoms with E-state index in [-0.39, 0.29) is 11.6 Å². The van der Waals surface area contributed by atoms with Crippen molar-refractivity contribution in [1.29, 1.82) is 0 Å². The van der Waals surface area contributed by atoms with Gasteiger partial charge in [0.2, 0.25) is 0 Å². The fourth-order valence-electron chi connectivity index (χ4n) is 1.51. The Labute approximate surface area is 107 Å². The van der Waals surface area contributed by atoms with Gasteiger partial charge in [0.15, 0.2) is 11.6 Å². The van der Waals surface area contributed by atoms with Crippen molar-refractivity contribution < 1.29 is 18.0 Å². The largest absolute Gasteiger partial charge is 0.433 e. The van der Waals surface area contributed by atoms with Crippen LogP contribution in [0.3, 0.4) is 0 Å². The van der Waals surface area contributed by atoms with Crippen LogP contribution in [0.5, 0.6) is 0 Å². The fraction of sp³-hybridized carbons (Fsp3) is 0.154. The van der Waals surface area contributed by atoms with Gasteiger partial charge in [-0.25, -0.2) is 9.97 Å². The van der Waals surface area contributed by atoms with Crippen LogP contribution in [0.15, 0.2) is 36.5 Å². The molecule has 98 valence electrons. The van der Waals surface area contributed by atoms with Crippen molar-refractivity contribution in [2.24, 2.45) is 0 Å². The van der Waals surface area contributed by atoms with Crippen LogP contribution in [0.25, 0.3) is 11.4 Å². The van der Waals surface area contributed by atoms with Crippen LogP contribution in [0, 0.1) is 0 Å². The lowest BCUT2D eigenvalue weighted by atomic mass is 10.1. The summed E-state index contributed by atoms with van der Waals surface area (Å²) in [7, 11) is 0. The summed E-state index contributed by atoms with van der Waals surface area (Å²) in [6, 6.07) is 6.91. The average Bonchev–Trinajstić information content (AvgIpc) is 2.38. The van der Waals surface area contributed by atoms with Crippen LogP contribution in [-0.4, -0.2) is 15.8 Å². The second kappa shape index (κ2) is 4.79. The lowest BCUT2D eigenvalue weighted by Gasteiger charge is -2.07. The van der Waals surface area contributed by atoms with Gasteiger partial charge in [0.25, 0.3) is 0 Å². The number of hydrogen-bond acceptors (Lipinski definition) is 3. The van der Waals surface area contributed by atoms with Crippen molar-refractivity contribution in [1.82, 2.24) is 9.97 Å². The minimum absolute atomic E-state index is 0.0232. The van der Waals surface area contributed by atoms with Gasteiger partial charge in [-0.05, 0) is 13.0 Å². The zero-order chi connectivity index (χ0) is 14.0. The molecule has 0 saturated heterocycles. The van der Waals surface area contributed by atoms with E-state index in [1.54, 1.807) is 0 Å². The van der Waals surface area contributed by atoms with Gasteiger partial charge in [-0.3, -0.25) is 4.79 Å². The maximum Gasteiger partial charge on any atom is 0.433 e. The molecule has 0 saturated carbocycles. The van der Waals surface area contributed by atoms with Gasteiger partial charge < -0.3 is 0 Å². The molecule has 1 aromatic carbocycles. The number of aromatic nitrogens is 2. The molecule has 0 aliphatic heterocycles. The second-order valence-corrected chi connectivity index (χ2v) is 3.90. The quantitative estimate of drug-likeness (QED) is 0.783. The molecule has 0 unspecified atom stereocenters. The molecule has 0 radical (unpaired) electrons. The summed E-state index contributed by atoms with van der Waals surface area (Å²) in [4.78, 5) is 18.4. The highest BCUT2D eigenvalue weighted by Gasteiger charge is 2.32. The first-order valence-corrected chi connectivity index (χ1v) is 5.39. The van der Waals surface area contributed by atoms with Gasteiger partial charge in [0, 0.05) is 17.3 Å². The van der Waals surface area contributed by atoms with Crippen LogP contribution < -0.4 is 0 Å². The molecule has 0 atom stereocenters. The van der Waals surface area contributed by atoms with Crippen LogP contribution in [0.2, 0.25) is 0 Å². The zero-order valence-electron chi connectivity index (χ0n) is 9.90. The molecule has 0 aliphatic rings. The topological polar surface area (TPSA) is 42.9 Å². The number of Topliss-reactive ketones (excluding diaryl/α,β-unsaturated/α-hetero) is 1.